The Morgan fingerprint density at radius 2 is 1.46 bits per heavy atom. The van der Waals surface area contributed by atoms with Gasteiger partial charge in [0.2, 0.25) is 0 Å². The highest BCUT2D eigenvalue weighted by Gasteiger charge is 2.29. The molecule has 1 unspecified atom stereocenters. The van der Waals surface area contributed by atoms with Gasteiger partial charge >= 0.3 is 0 Å². The summed E-state index contributed by atoms with van der Waals surface area (Å²) < 4.78 is 0. The molecule has 1 heterocycles. The van der Waals surface area contributed by atoms with Crippen molar-refractivity contribution in [1.82, 2.24) is 4.90 Å². The lowest BCUT2D eigenvalue weighted by Gasteiger charge is -2.33. The van der Waals surface area contributed by atoms with Gasteiger partial charge in [-0.15, -0.1) is 12.4 Å². The van der Waals surface area contributed by atoms with E-state index < -0.39 is 0 Å². The Morgan fingerprint density at radius 3 is 2.22 bits per heavy atom. The Balaban J connectivity index is 0.00000337. The summed E-state index contributed by atoms with van der Waals surface area (Å²) in [7, 11) is 0. The first-order valence-corrected chi connectivity index (χ1v) is 14.6. The number of ketones is 1. The third-order valence-corrected chi connectivity index (χ3v) is 8.68. The second kappa shape index (κ2) is 13.3. The van der Waals surface area contributed by atoms with Gasteiger partial charge in [0, 0.05) is 28.3 Å². The molecule has 1 aliphatic carbocycles. The van der Waals surface area contributed by atoms with E-state index in [4.69, 9.17) is 0 Å². The fourth-order valence-corrected chi connectivity index (χ4v) is 6.35. The summed E-state index contributed by atoms with van der Waals surface area (Å²) >= 11 is 0. The van der Waals surface area contributed by atoms with Gasteiger partial charge in [-0.3, -0.25) is 9.59 Å². The number of benzene rings is 4. The largest absolute Gasteiger partial charge is 0.321 e. The Kier molecular flexibility index (Phi) is 9.33. The highest BCUT2D eigenvalue weighted by atomic mass is 35.5. The second-order valence-corrected chi connectivity index (χ2v) is 11.2. The van der Waals surface area contributed by atoms with Gasteiger partial charge in [-0.1, -0.05) is 84.9 Å². The predicted octanol–water partition coefficient (Wildman–Crippen LogP) is 8.04. The van der Waals surface area contributed by atoms with E-state index in [1.54, 1.807) is 6.07 Å². The number of carbonyl (C=O) groups is 2. The fourth-order valence-electron chi connectivity index (χ4n) is 6.35. The van der Waals surface area contributed by atoms with Gasteiger partial charge in [-0.2, -0.15) is 0 Å². The quantitative estimate of drug-likeness (QED) is 0.247. The first-order valence-electron chi connectivity index (χ1n) is 14.6. The van der Waals surface area contributed by atoms with E-state index in [1.807, 2.05) is 66.7 Å². The van der Waals surface area contributed by atoms with Crippen molar-refractivity contribution in [3.8, 4) is 11.1 Å². The number of nitrogens with zero attached hydrogens (tertiary/aromatic N) is 1. The normalized spacial score (nSPS) is 17.4. The molecule has 1 fully saturated rings. The van der Waals surface area contributed by atoms with Crippen LogP contribution in [0.3, 0.4) is 0 Å². The Bertz CT molecular complexity index is 1480. The van der Waals surface area contributed by atoms with Crippen LogP contribution in [0.2, 0.25) is 0 Å². The fraction of sp³-hybridized carbons (Fsp3) is 0.278. The maximum Gasteiger partial charge on any atom is 0.255 e. The molecule has 6 rings (SSSR count). The summed E-state index contributed by atoms with van der Waals surface area (Å²) in [5, 5.41) is 3.09. The molecule has 2 aliphatic rings. The van der Waals surface area contributed by atoms with Gasteiger partial charge in [0.05, 0.1) is 0 Å². The highest BCUT2D eigenvalue weighted by molar-refractivity contribution is 6.08. The van der Waals surface area contributed by atoms with E-state index in [0.29, 0.717) is 11.5 Å². The number of aryl methyl sites for hydroxylation is 1. The van der Waals surface area contributed by atoms with Crippen LogP contribution in [0.25, 0.3) is 11.1 Å². The summed E-state index contributed by atoms with van der Waals surface area (Å²) in [6.07, 6.45) is 4.98. The van der Waals surface area contributed by atoms with Gasteiger partial charge in [-0.25, -0.2) is 0 Å². The molecule has 1 atom stereocenters. The Hall–Kier alpha value is -3.73. The Morgan fingerprint density at radius 1 is 0.780 bits per heavy atom. The van der Waals surface area contributed by atoms with Gasteiger partial charge < -0.3 is 10.2 Å². The van der Waals surface area contributed by atoms with Crippen molar-refractivity contribution in [2.75, 3.05) is 25.0 Å². The molecule has 1 aliphatic heterocycles. The molecule has 4 aromatic carbocycles. The lowest BCUT2D eigenvalue weighted by atomic mass is 9.80. The van der Waals surface area contributed by atoms with Crippen molar-refractivity contribution >= 4 is 29.8 Å². The number of Topliss-reactive ketones (excluding diaryl/α,β-unsaturated/α-hetero) is 1. The number of rotatable bonds is 7. The van der Waals surface area contributed by atoms with Gasteiger partial charge in [0.1, 0.15) is 0 Å². The smallest absolute Gasteiger partial charge is 0.255 e. The van der Waals surface area contributed by atoms with E-state index in [2.05, 4.69) is 40.5 Å². The molecular formula is C36H37ClN2O2. The molecule has 1 amide bonds. The van der Waals surface area contributed by atoms with Crippen LogP contribution in [0, 0.1) is 5.92 Å². The summed E-state index contributed by atoms with van der Waals surface area (Å²) in [5.74, 6) is 0.803. The zero-order chi connectivity index (χ0) is 27.3. The van der Waals surface area contributed by atoms with Crippen LogP contribution in [0.4, 0.5) is 5.69 Å². The number of hydrogen-bond acceptors (Lipinski definition) is 3. The van der Waals surface area contributed by atoms with Crippen molar-refractivity contribution in [3.05, 3.63) is 125 Å². The van der Waals surface area contributed by atoms with Crippen LogP contribution in [0.1, 0.15) is 63.4 Å². The number of piperidine rings is 1. The monoisotopic (exact) mass is 564 g/mol. The number of hydrogen-bond donors (Lipinski definition) is 1. The minimum Gasteiger partial charge on any atom is -0.321 e. The number of amides is 1. The van der Waals surface area contributed by atoms with Crippen LogP contribution in [-0.4, -0.2) is 36.2 Å². The molecule has 4 aromatic rings. The molecule has 1 saturated heterocycles. The van der Waals surface area contributed by atoms with Crippen molar-refractivity contribution in [3.63, 3.8) is 0 Å². The van der Waals surface area contributed by atoms with Crippen molar-refractivity contribution in [1.29, 1.82) is 0 Å². The third-order valence-electron chi connectivity index (χ3n) is 8.68. The number of carbonyl (C=O) groups excluding carboxylic acids is 2. The summed E-state index contributed by atoms with van der Waals surface area (Å²) in [6, 6.07) is 34.3. The van der Waals surface area contributed by atoms with Crippen molar-refractivity contribution in [2.24, 2.45) is 5.92 Å². The first-order chi connectivity index (χ1) is 19.7. The Labute approximate surface area is 249 Å². The van der Waals surface area contributed by atoms with Gasteiger partial charge in [0.15, 0.2) is 5.78 Å². The maximum atomic E-state index is 13.4. The molecule has 210 valence electrons. The number of likely N-dealkylation sites (tertiary alicyclic amines) is 1. The maximum absolute atomic E-state index is 13.4. The number of anilines is 1. The zero-order valence-electron chi connectivity index (χ0n) is 23.3. The zero-order valence-corrected chi connectivity index (χ0v) is 24.1. The van der Waals surface area contributed by atoms with E-state index in [9.17, 15) is 9.59 Å². The highest BCUT2D eigenvalue weighted by Crippen LogP contribution is 2.32. The number of para-hydroxylation sites is 1. The minimum atomic E-state index is -0.153. The standard InChI is InChI=1S/C36H36N2O2.ClH/c39-35-29(21-24-38-22-19-27(20-23-38)26-9-3-1-4-10-26)15-16-30-25-31(17-18-33(30)35)36(40)37-34-14-8-7-13-32(34)28-11-5-2-6-12-28;/h1-14,17-18,25,27,29H,15-16,19-24H2,(H,37,40);1H. The third kappa shape index (κ3) is 6.61. The van der Waals surface area contributed by atoms with Crippen molar-refractivity contribution < 1.29 is 9.59 Å². The second-order valence-electron chi connectivity index (χ2n) is 11.2. The molecular weight excluding hydrogens is 528 g/mol. The van der Waals surface area contributed by atoms with E-state index in [1.165, 1.54) is 18.4 Å². The first kappa shape index (κ1) is 28.8. The lowest BCUT2D eigenvalue weighted by Crippen LogP contribution is -2.35. The summed E-state index contributed by atoms with van der Waals surface area (Å²) in [6.45, 7) is 3.18. The summed E-state index contributed by atoms with van der Waals surface area (Å²) in [5.41, 5.74) is 6.65. The average molecular weight is 565 g/mol. The summed E-state index contributed by atoms with van der Waals surface area (Å²) in [4.78, 5) is 29.1. The lowest BCUT2D eigenvalue weighted by molar-refractivity contribution is 0.0876. The molecule has 0 spiro atoms. The van der Waals surface area contributed by atoms with Crippen LogP contribution in [0.15, 0.2) is 103 Å². The topological polar surface area (TPSA) is 49.4 Å². The number of halogens is 1. The molecule has 0 saturated carbocycles. The van der Waals surface area contributed by atoms with Crippen molar-refractivity contribution in [2.45, 2.75) is 38.0 Å². The predicted molar refractivity (Wildman–Crippen MR) is 169 cm³/mol. The molecule has 1 N–H and O–H groups in total. The van der Waals surface area contributed by atoms with E-state index in [0.717, 1.165) is 66.8 Å². The van der Waals surface area contributed by atoms with Gasteiger partial charge in [0.25, 0.3) is 5.91 Å². The van der Waals surface area contributed by atoms with Gasteiger partial charge in [-0.05, 0) is 92.5 Å². The molecule has 5 heteroatoms. The molecule has 41 heavy (non-hydrogen) atoms. The van der Waals surface area contributed by atoms with Crippen LogP contribution >= 0.6 is 12.4 Å². The SMILES string of the molecule is Cl.O=C(Nc1ccccc1-c1ccccc1)c1ccc2c(c1)CCC(CCN1CCC(c3ccccc3)CC1)C2=O. The van der Waals surface area contributed by atoms with Crippen LogP contribution in [0.5, 0.6) is 0 Å². The number of fused-ring (bicyclic) bond motifs is 1. The minimum absolute atomic E-state index is 0. The average Bonchev–Trinajstić information content (AvgIpc) is 3.02. The molecule has 0 radical (unpaired) electrons. The molecule has 4 nitrogen and oxygen atoms in total. The molecule has 0 aromatic heterocycles. The van der Waals surface area contributed by atoms with Crippen LogP contribution < -0.4 is 5.32 Å². The molecule has 0 bridgehead atoms. The number of nitrogens with one attached hydrogen (secondary N) is 1. The van der Waals surface area contributed by atoms with E-state index in [-0.39, 0.29) is 30.0 Å². The van der Waals surface area contributed by atoms with Crippen LogP contribution in [-0.2, 0) is 6.42 Å². The van der Waals surface area contributed by atoms with E-state index >= 15 is 0 Å².